The van der Waals surface area contributed by atoms with E-state index in [1.54, 1.807) is 19.1 Å². The molecule has 4 aromatic rings. The Morgan fingerprint density at radius 2 is 2.03 bits per heavy atom. The predicted molar refractivity (Wildman–Crippen MR) is 110 cm³/mol. The summed E-state index contributed by atoms with van der Waals surface area (Å²) in [5.74, 6) is -1.95. The van der Waals surface area contributed by atoms with Crippen LogP contribution in [-0.4, -0.2) is 37.3 Å². The topological polar surface area (TPSA) is 85.7 Å². The maximum atomic E-state index is 13.7. The van der Waals surface area contributed by atoms with Gasteiger partial charge >= 0.3 is 0 Å². The number of fused-ring (bicyclic) bond motifs is 1. The van der Waals surface area contributed by atoms with Gasteiger partial charge in [0.2, 0.25) is 5.82 Å². The van der Waals surface area contributed by atoms with Gasteiger partial charge in [-0.05, 0) is 43.7 Å². The number of aromatic nitrogens is 4. The summed E-state index contributed by atoms with van der Waals surface area (Å²) < 4.78 is 39.7. The number of aryl methyl sites for hydroxylation is 1. The third-order valence-electron chi connectivity index (χ3n) is 4.69. The molecule has 3 aromatic heterocycles. The summed E-state index contributed by atoms with van der Waals surface area (Å²) in [5.41, 5.74) is 1.97. The third kappa shape index (κ3) is 4.24. The predicted octanol–water partition coefficient (Wildman–Crippen LogP) is 4.88. The van der Waals surface area contributed by atoms with Gasteiger partial charge in [-0.1, -0.05) is 16.8 Å². The Morgan fingerprint density at radius 1 is 1.26 bits per heavy atom. The van der Waals surface area contributed by atoms with Crippen molar-refractivity contribution >= 4 is 17.2 Å². The third-order valence-corrected chi connectivity index (χ3v) is 4.97. The van der Waals surface area contributed by atoms with Gasteiger partial charge in [0, 0.05) is 30.4 Å². The SMILES string of the molecule is Cc1cc(OC(C)CO)ccc1-c1noc(-c2cn3cc(C(C)(F)F)cc(Cl)c3n2)n1. The average molecular weight is 449 g/mol. The van der Waals surface area contributed by atoms with Crippen LogP contribution < -0.4 is 4.74 Å². The Kier molecular flexibility index (Phi) is 5.40. The Bertz CT molecular complexity index is 1250. The second kappa shape index (κ2) is 7.90. The highest BCUT2D eigenvalue weighted by Crippen LogP contribution is 2.32. The van der Waals surface area contributed by atoms with E-state index in [2.05, 4.69) is 15.1 Å². The molecule has 1 aromatic carbocycles. The van der Waals surface area contributed by atoms with Gasteiger partial charge < -0.3 is 18.8 Å². The summed E-state index contributed by atoms with van der Waals surface area (Å²) in [7, 11) is 0. The zero-order valence-corrected chi connectivity index (χ0v) is 17.7. The fourth-order valence-electron chi connectivity index (χ4n) is 3.07. The van der Waals surface area contributed by atoms with Crippen molar-refractivity contribution in [1.82, 2.24) is 19.5 Å². The molecule has 0 aliphatic carbocycles. The van der Waals surface area contributed by atoms with Crippen LogP contribution in [0.5, 0.6) is 5.75 Å². The molecule has 0 radical (unpaired) electrons. The number of hydrogen-bond donors (Lipinski definition) is 1. The van der Waals surface area contributed by atoms with Crippen LogP contribution in [0.2, 0.25) is 5.02 Å². The second-order valence-electron chi connectivity index (χ2n) is 7.33. The minimum absolute atomic E-state index is 0.0879. The molecule has 4 rings (SSSR count). The molecule has 162 valence electrons. The molecular weight excluding hydrogens is 430 g/mol. The molecule has 1 atom stereocenters. The summed E-state index contributed by atoms with van der Waals surface area (Å²) in [6, 6.07) is 6.55. The first kappa shape index (κ1) is 21.2. The van der Waals surface area contributed by atoms with E-state index in [4.69, 9.17) is 26.0 Å². The smallest absolute Gasteiger partial charge is 0.278 e. The molecule has 7 nitrogen and oxygen atoms in total. The lowest BCUT2D eigenvalue weighted by molar-refractivity contribution is 0.0170. The van der Waals surface area contributed by atoms with Crippen LogP contribution in [0.3, 0.4) is 0 Å². The second-order valence-corrected chi connectivity index (χ2v) is 7.74. The summed E-state index contributed by atoms with van der Waals surface area (Å²) in [4.78, 5) is 8.73. The summed E-state index contributed by atoms with van der Waals surface area (Å²) in [6.45, 7) is 4.35. The first-order chi connectivity index (χ1) is 14.7. The number of nitrogens with zero attached hydrogens (tertiary/aromatic N) is 4. The van der Waals surface area contributed by atoms with Gasteiger partial charge in [-0.15, -0.1) is 0 Å². The van der Waals surface area contributed by atoms with Gasteiger partial charge in [0.15, 0.2) is 5.65 Å². The fourth-order valence-corrected chi connectivity index (χ4v) is 3.32. The zero-order valence-electron chi connectivity index (χ0n) is 16.9. The first-order valence-electron chi connectivity index (χ1n) is 9.45. The van der Waals surface area contributed by atoms with Crippen LogP contribution in [0.4, 0.5) is 8.78 Å². The van der Waals surface area contributed by atoms with E-state index >= 15 is 0 Å². The van der Waals surface area contributed by atoms with Crippen LogP contribution in [-0.2, 0) is 5.92 Å². The number of halogens is 3. The lowest BCUT2D eigenvalue weighted by Gasteiger charge is -2.13. The molecule has 0 fully saturated rings. The number of imidazole rings is 1. The molecule has 0 aliphatic heterocycles. The Morgan fingerprint density at radius 3 is 2.71 bits per heavy atom. The van der Waals surface area contributed by atoms with Crippen molar-refractivity contribution in [3.8, 4) is 28.7 Å². The highest BCUT2D eigenvalue weighted by atomic mass is 35.5. The molecule has 0 spiro atoms. The zero-order chi connectivity index (χ0) is 22.3. The number of aliphatic hydroxyl groups is 1. The molecule has 0 saturated carbocycles. The van der Waals surface area contributed by atoms with Crippen LogP contribution >= 0.6 is 11.6 Å². The molecule has 0 amide bonds. The number of pyridine rings is 1. The maximum absolute atomic E-state index is 13.7. The molecule has 0 aliphatic rings. The number of hydrogen-bond acceptors (Lipinski definition) is 6. The van der Waals surface area contributed by atoms with Crippen molar-refractivity contribution in [2.75, 3.05) is 6.61 Å². The van der Waals surface area contributed by atoms with Crippen LogP contribution in [0.15, 0.2) is 41.2 Å². The van der Waals surface area contributed by atoms with Crippen LogP contribution in [0.25, 0.3) is 28.6 Å². The number of aliphatic hydroxyl groups excluding tert-OH is 1. The van der Waals surface area contributed by atoms with E-state index in [9.17, 15) is 8.78 Å². The molecule has 0 bridgehead atoms. The van der Waals surface area contributed by atoms with Crippen molar-refractivity contribution in [3.05, 3.63) is 52.8 Å². The summed E-state index contributed by atoms with van der Waals surface area (Å²) >= 11 is 6.14. The lowest BCUT2D eigenvalue weighted by atomic mass is 10.1. The van der Waals surface area contributed by atoms with E-state index in [0.717, 1.165) is 18.1 Å². The van der Waals surface area contributed by atoms with Crippen LogP contribution in [0, 0.1) is 6.92 Å². The Hall–Kier alpha value is -3.04. The number of ether oxygens (including phenoxy) is 1. The summed E-state index contributed by atoms with van der Waals surface area (Å²) in [6.07, 6.45) is 2.45. The normalized spacial score (nSPS) is 13.0. The fraction of sp³-hybridized carbons (Fsp3) is 0.286. The van der Waals surface area contributed by atoms with E-state index in [1.807, 2.05) is 13.0 Å². The van der Waals surface area contributed by atoms with Crippen molar-refractivity contribution in [2.24, 2.45) is 0 Å². The quantitative estimate of drug-likeness (QED) is 0.452. The van der Waals surface area contributed by atoms with E-state index in [0.29, 0.717) is 22.9 Å². The number of benzene rings is 1. The van der Waals surface area contributed by atoms with E-state index in [1.165, 1.54) is 22.9 Å². The Labute approximate surface area is 181 Å². The Balaban J connectivity index is 1.66. The molecule has 1 N–H and O–H groups in total. The maximum Gasteiger partial charge on any atom is 0.278 e. The standard InChI is InChI=1S/C21H19ClF2N4O3/c1-11-6-14(30-12(2)10-29)4-5-15(11)18-26-20(31-27-18)17-9-28-8-13(21(3,23)24)7-16(22)19(28)25-17/h4-9,12,29H,10H2,1-3H3. The number of alkyl halides is 2. The molecule has 0 saturated heterocycles. The van der Waals surface area contributed by atoms with Gasteiger partial charge in [-0.25, -0.2) is 13.8 Å². The molecule has 10 heteroatoms. The van der Waals surface area contributed by atoms with Crippen molar-refractivity contribution < 1.29 is 23.1 Å². The van der Waals surface area contributed by atoms with E-state index < -0.39 is 5.92 Å². The minimum atomic E-state index is -3.04. The van der Waals surface area contributed by atoms with Gasteiger partial charge in [-0.3, -0.25) is 0 Å². The number of rotatable bonds is 6. The van der Waals surface area contributed by atoms with Gasteiger partial charge in [0.25, 0.3) is 11.8 Å². The highest BCUT2D eigenvalue weighted by molar-refractivity contribution is 6.33. The van der Waals surface area contributed by atoms with E-state index in [-0.39, 0.29) is 29.2 Å². The van der Waals surface area contributed by atoms with Crippen molar-refractivity contribution in [2.45, 2.75) is 32.8 Å². The largest absolute Gasteiger partial charge is 0.488 e. The van der Waals surface area contributed by atoms with Crippen LogP contribution in [0.1, 0.15) is 25.0 Å². The molecular formula is C21H19ClF2N4O3. The van der Waals surface area contributed by atoms with Crippen molar-refractivity contribution in [3.63, 3.8) is 0 Å². The van der Waals surface area contributed by atoms with Gasteiger partial charge in [0.05, 0.1) is 11.6 Å². The average Bonchev–Trinajstić information content (AvgIpc) is 3.34. The highest BCUT2D eigenvalue weighted by Gasteiger charge is 2.26. The molecule has 3 heterocycles. The molecule has 31 heavy (non-hydrogen) atoms. The molecule has 1 unspecified atom stereocenters. The van der Waals surface area contributed by atoms with Gasteiger partial charge in [0.1, 0.15) is 17.5 Å². The summed E-state index contributed by atoms with van der Waals surface area (Å²) in [5, 5.41) is 13.2. The minimum Gasteiger partial charge on any atom is -0.488 e. The van der Waals surface area contributed by atoms with Crippen molar-refractivity contribution in [1.29, 1.82) is 0 Å². The monoisotopic (exact) mass is 448 g/mol. The lowest BCUT2D eigenvalue weighted by Crippen LogP contribution is -2.16. The van der Waals surface area contributed by atoms with Gasteiger partial charge in [-0.2, -0.15) is 4.98 Å². The first-order valence-corrected chi connectivity index (χ1v) is 9.82.